The number of ether oxygens (including phenoxy) is 1. The molecule has 0 bridgehead atoms. The molecule has 1 N–H and O–H groups in total. The maximum atomic E-state index is 11.9. The van der Waals surface area contributed by atoms with Crippen molar-refractivity contribution in [1.29, 1.82) is 0 Å². The van der Waals surface area contributed by atoms with Gasteiger partial charge in [-0.2, -0.15) is 4.98 Å². The van der Waals surface area contributed by atoms with E-state index in [1.165, 1.54) is 0 Å². The number of para-hydroxylation sites is 1. The Morgan fingerprint density at radius 2 is 2.04 bits per heavy atom. The quantitative estimate of drug-likeness (QED) is 0.778. The van der Waals surface area contributed by atoms with E-state index in [1.54, 1.807) is 49.5 Å². The number of benzene rings is 1. The van der Waals surface area contributed by atoms with Gasteiger partial charge in [0.25, 0.3) is 11.8 Å². The van der Waals surface area contributed by atoms with Gasteiger partial charge in [0, 0.05) is 6.20 Å². The third-order valence-corrected chi connectivity index (χ3v) is 2.94. The first-order valence-electron chi connectivity index (χ1n) is 6.96. The Morgan fingerprint density at radius 3 is 2.78 bits per heavy atom. The lowest BCUT2D eigenvalue weighted by Gasteiger charge is -2.09. The number of aromatic nitrogens is 3. The van der Waals surface area contributed by atoms with Gasteiger partial charge in [-0.15, -0.1) is 0 Å². The van der Waals surface area contributed by atoms with Crippen molar-refractivity contribution >= 4 is 11.7 Å². The smallest absolute Gasteiger partial charge is 0.263 e. The van der Waals surface area contributed by atoms with Crippen molar-refractivity contribution in [1.82, 2.24) is 15.1 Å². The summed E-state index contributed by atoms with van der Waals surface area (Å²) in [6.45, 7) is 1.58. The minimum atomic E-state index is -0.305. The summed E-state index contributed by atoms with van der Waals surface area (Å²) in [7, 11) is 0. The fraction of sp³-hybridized carbons (Fsp3) is 0.125. The van der Waals surface area contributed by atoms with Crippen LogP contribution in [0.3, 0.4) is 0 Å². The van der Waals surface area contributed by atoms with Crippen molar-refractivity contribution in [2.75, 3.05) is 11.9 Å². The molecule has 0 spiro atoms. The zero-order valence-corrected chi connectivity index (χ0v) is 12.4. The molecule has 0 aliphatic carbocycles. The van der Waals surface area contributed by atoms with Crippen molar-refractivity contribution in [3.8, 4) is 17.2 Å². The van der Waals surface area contributed by atoms with Gasteiger partial charge in [-0.1, -0.05) is 23.4 Å². The topological polar surface area (TPSA) is 90.1 Å². The van der Waals surface area contributed by atoms with Gasteiger partial charge >= 0.3 is 0 Å². The Morgan fingerprint density at radius 1 is 1.22 bits per heavy atom. The van der Waals surface area contributed by atoms with E-state index in [-0.39, 0.29) is 12.5 Å². The molecule has 3 aromatic rings. The number of carbonyl (C=O) groups excluding carboxylic acids is 1. The summed E-state index contributed by atoms with van der Waals surface area (Å²) in [5.41, 5.74) is 0.638. The van der Waals surface area contributed by atoms with E-state index in [4.69, 9.17) is 9.26 Å². The molecule has 0 fully saturated rings. The molecule has 2 heterocycles. The van der Waals surface area contributed by atoms with E-state index in [0.29, 0.717) is 28.8 Å². The number of carbonyl (C=O) groups is 1. The normalized spacial score (nSPS) is 10.3. The number of pyridine rings is 1. The van der Waals surface area contributed by atoms with Crippen molar-refractivity contribution in [2.45, 2.75) is 6.92 Å². The monoisotopic (exact) mass is 310 g/mol. The van der Waals surface area contributed by atoms with Crippen molar-refractivity contribution in [3.05, 3.63) is 54.5 Å². The molecule has 0 aliphatic rings. The van der Waals surface area contributed by atoms with Crippen LogP contribution >= 0.6 is 0 Å². The summed E-state index contributed by atoms with van der Waals surface area (Å²) in [5.74, 6) is 1.54. The molecule has 0 saturated heterocycles. The standard InChI is InChI=1S/C16H14N4O3/c1-11-18-16(23-20-11)12-6-2-3-7-13(12)22-10-15(21)19-14-8-4-5-9-17-14/h2-9H,10H2,1H3,(H,17,19,21). The molecular weight excluding hydrogens is 296 g/mol. The van der Waals surface area contributed by atoms with Crippen molar-refractivity contribution < 1.29 is 14.1 Å². The number of nitrogens with one attached hydrogen (secondary N) is 1. The Kier molecular flexibility index (Phi) is 4.28. The second-order valence-corrected chi connectivity index (χ2v) is 4.69. The number of nitrogens with zero attached hydrogens (tertiary/aromatic N) is 3. The fourth-order valence-corrected chi connectivity index (χ4v) is 1.93. The second kappa shape index (κ2) is 6.69. The van der Waals surface area contributed by atoms with E-state index < -0.39 is 0 Å². The van der Waals surface area contributed by atoms with Gasteiger partial charge in [-0.05, 0) is 31.2 Å². The van der Waals surface area contributed by atoms with Gasteiger partial charge in [-0.3, -0.25) is 4.79 Å². The molecule has 0 unspecified atom stereocenters. The number of rotatable bonds is 5. The van der Waals surface area contributed by atoms with E-state index >= 15 is 0 Å². The third kappa shape index (κ3) is 3.70. The second-order valence-electron chi connectivity index (χ2n) is 4.69. The first kappa shape index (κ1) is 14.7. The Balaban J connectivity index is 1.68. The lowest BCUT2D eigenvalue weighted by atomic mass is 10.2. The molecule has 3 rings (SSSR count). The average molecular weight is 310 g/mol. The highest BCUT2D eigenvalue weighted by Gasteiger charge is 2.13. The average Bonchev–Trinajstić information content (AvgIpc) is 3.00. The molecule has 2 aromatic heterocycles. The first-order valence-corrected chi connectivity index (χ1v) is 6.96. The Hall–Kier alpha value is -3.22. The van der Waals surface area contributed by atoms with Crippen molar-refractivity contribution in [2.24, 2.45) is 0 Å². The van der Waals surface area contributed by atoms with Crippen LogP contribution in [-0.4, -0.2) is 27.6 Å². The summed E-state index contributed by atoms with van der Waals surface area (Å²) in [5, 5.41) is 6.41. The third-order valence-electron chi connectivity index (χ3n) is 2.94. The molecule has 1 amide bonds. The number of hydrogen-bond acceptors (Lipinski definition) is 6. The van der Waals surface area contributed by atoms with Gasteiger partial charge in [0.1, 0.15) is 11.6 Å². The van der Waals surface area contributed by atoms with Gasteiger partial charge in [0.05, 0.1) is 5.56 Å². The maximum Gasteiger partial charge on any atom is 0.263 e. The molecule has 7 heteroatoms. The molecule has 23 heavy (non-hydrogen) atoms. The highest BCUT2D eigenvalue weighted by atomic mass is 16.5. The molecule has 7 nitrogen and oxygen atoms in total. The summed E-state index contributed by atoms with van der Waals surface area (Å²) in [4.78, 5) is 20.1. The number of hydrogen-bond donors (Lipinski definition) is 1. The van der Waals surface area contributed by atoms with E-state index in [2.05, 4.69) is 20.4 Å². The summed E-state index contributed by atoms with van der Waals surface area (Å²) >= 11 is 0. The van der Waals surface area contributed by atoms with Crippen LogP contribution in [-0.2, 0) is 4.79 Å². The van der Waals surface area contributed by atoms with E-state index in [0.717, 1.165) is 0 Å². The van der Waals surface area contributed by atoms with Crippen LogP contribution in [0.15, 0.2) is 53.2 Å². The van der Waals surface area contributed by atoms with Gasteiger partial charge in [0.15, 0.2) is 12.4 Å². The van der Waals surface area contributed by atoms with Crippen LogP contribution in [0, 0.1) is 6.92 Å². The molecule has 0 radical (unpaired) electrons. The largest absolute Gasteiger partial charge is 0.483 e. The first-order chi connectivity index (χ1) is 11.2. The van der Waals surface area contributed by atoms with Crippen LogP contribution in [0.2, 0.25) is 0 Å². The molecule has 0 atom stereocenters. The Bertz CT molecular complexity index is 802. The highest BCUT2D eigenvalue weighted by Crippen LogP contribution is 2.28. The summed E-state index contributed by atoms with van der Waals surface area (Å²) in [6.07, 6.45) is 1.60. The lowest BCUT2D eigenvalue weighted by molar-refractivity contribution is -0.118. The minimum Gasteiger partial charge on any atom is -0.483 e. The Labute approximate surface area is 132 Å². The number of anilines is 1. The van der Waals surface area contributed by atoms with E-state index in [9.17, 15) is 4.79 Å². The summed E-state index contributed by atoms with van der Waals surface area (Å²) in [6, 6.07) is 12.4. The predicted molar refractivity (Wildman–Crippen MR) is 82.8 cm³/mol. The van der Waals surface area contributed by atoms with Crippen LogP contribution in [0.1, 0.15) is 5.82 Å². The van der Waals surface area contributed by atoms with Crippen LogP contribution in [0.5, 0.6) is 5.75 Å². The predicted octanol–water partition coefficient (Wildman–Crippen LogP) is 2.46. The van der Waals surface area contributed by atoms with E-state index in [1.807, 2.05) is 6.07 Å². The molecular formula is C16H14N4O3. The number of amides is 1. The fourth-order valence-electron chi connectivity index (χ4n) is 1.93. The molecule has 0 saturated carbocycles. The molecule has 116 valence electrons. The highest BCUT2D eigenvalue weighted by molar-refractivity contribution is 5.91. The van der Waals surface area contributed by atoms with Gasteiger partial charge in [0.2, 0.25) is 0 Å². The lowest BCUT2D eigenvalue weighted by Crippen LogP contribution is -2.20. The SMILES string of the molecule is Cc1noc(-c2ccccc2OCC(=O)Nc2ccccn2)n1. The molecule has 1 aromatic carbocycles. The van der Waals surface area contributed by atoms with Gasteiger partial charge in [-0.25, -0.2) is 4.98 Å². The number of aryl methyl sites for hydroxylation is 1. The van der Waals surface area contributed by atoms with Crippen LogP contribution < -0.4 is 10.1 Å². The van der Waals surface area contributed by atoms with Crippen molar-refractivity contribution in [3.63, 3.8) is 0 Å². The minimum absolute atomic E-state index is 0.152. The zero-order valence-electron chi connectivity index (χ0n) is 12.4. The summed E-state index contributed by atoms with van der Waals surface area (Å²) < 4.78 is 10.7. The molecule has 0 aliphatic heterocycles. The van der Waals surface area contributed by atoms with Crippen LogP contribution in [0.4, 0.5) is 5.82 Å². The van der Waals surface area contributed by atoms with Crippen LogP contribution in [0.25, 0.3) is 11.5 Å². The van der Waals surface area contributed by atoms with Gasteiger partial charge < -0.3 is 14.6 Å². The zero-order chi connectivity index (χ0) is 16.1. The maximum absolute atomic E-state index is 11.9.